The van der Waals surface area contributed by atoms with Gasteiger partial charge in [0.2, 0.25) is 15.0 Å². The van der Waals surface area contributed by atoms with Gasteiger partial charge >= 0.3 is 0 Å². The normalized spacial score (nSPS) is 19.4. The first-order valence-corrected chi connectivity index (χ1v) is 9.25. The Kier molecular flexibility index (Phi) is 4.09. The van der Waals surface area contributed by atoms with Crippen molar-refractivity contribution in [2.75, 3.05) is 17.2 Å². The summed E-state index contributed by atoms with van der Waals surface area (Å²) in [4.78, 5) is 14.5. The second-order valence-corrected chi connectivity index (χ2v) is 8.88. The van der Waals surface area contributed by atoms with Gasteiger partial charge in [-0.3, -0.25) is 4.79 Å². The lowest BCUT2D eigenvalue weighted by Crippen LogP contribution is -2.25. The first-order chi connectivity index (χ1) is 9.23. The van der Waals surface area contributed by atoms with E-state index in [9.17, 15) is 18.5 Å². The van der Waals surface area contributed by atoms with Gasteiger partial charge in [-0.2, -0.15) is 5.26 Å². The summed E-state index contributed by atoms with van der Waals surface area (Å²) < 4.78 is 22.2. The van der Waals surface area contributed by atoms with Crippen LogP contribution in [0.1, 0.15) is 22.4 Å². The van der Waals surface area contributed by atoms with Crippen molar-refractivity contribution in [3.8, 4) is 6.07 Å². The zero-order valence-electron chi connectivity index (χ0n) is 11.0. The number of rotatable bonds is 3. The molecule has 0 radical (unpaired) electrons. The first-order valence-electron chi connectivity index (χ1n) is 5.95. The van der Waals surface area contributed by atoms with Gasteiger partial charge in [0.1, 0.15) is 11.1 Å². The molecule has 0 bridgehead atoms. The van der Waals surface area contributed by atoms with Crippen LogP contribution in [0.4, 0.5) is 5.00 Å². The Morgan fingerprint density at radius 1 is 1.50 bits per heavy atom. The second kappa shape index (κ2) is 5.35. The number of thiophene rings is 1. The Hall–Kier alpha value is -1.10. The molecular formula is C12H13ClN2O3S2. The third-order valence-corrected chi connectivity index (χ3v) is 5.84. The second-order valence-electron chi connectivity index (χ2n) is 4.86. The highest BCUT2D eigenvalue weighted by Gasteiger charge is 2.35. The van der Waals surface area contributed by atoms with Crippen LogP contribution >= 0.6 is 22.0 Å². The number of carbonyl (C=O) groups is 1. The molecule has 1 aliphatic heterocycles. The molecule has 20 heavy (non-hydrogen) atoms. The molecule has 1 unspecified atom stereocenters. The highest BCUT2D eigenvalue weighted by atomic mass is 35.7. The molecular weight excluding hydrogens is 320 g/mol. The average Bonchev–Trinajstić information content (AvgIpc) is 2.79. The lowest BCUT2D eigenvalue weighted by molar-refractivity contribution is -0.117. The van der Waals surface area contributed by atoms with Crippen molar-refractivity contribution in [3.63, 3.8) is 0 Å². The van der Waals surface area contributed by atoms with Gasteiger partial charge in [0.05, 0.1) is 11.3 Å². The summed E-state index contributed by atoms with van der Waals surface area (Å²) in [5, 5.41) is 9.83. The Morgan fingerprint density at radius 2 is 2.15 bits per heavy atom. The van der Waals surface area contributed by atoms with Crippen LogP contribution in [-0.4, -0.2) is 26.6 Å². The van der Waals surface area contributed by atoms with Gasteiger partial charge in [-0.15, -0.1) is 11.3 Å². The summed E-state index contributed by atoms with van der Waals surface area (Å²) in [5.74, 6) is -0.700. The molecule has 1 aliphatic rings. The number of carbonyl (C=O) groups excluding carboxylic acids is 1. The molecule has 1 fully saturated rings. The van der Waals surface area contributed by atoms with Crippen LogP contribution in [0.25, 0.3) is 0 Å². The van der Waals surface area contributed by atoms with E-state index in [2.05, 4.69) is 6.07 Å². The number of halogens is 1. The van der Waals surface area contributed by atoms with E-state index in [0.29, 0.717) is 17.1 Å². The van der Waals surface area contributed by atoms with Crippen molar-refractivity contribution >= 4 is 42.0 Å². The fourth-order valence-electron chi connectivity index (χ4n) is 2.30. The number of hydrogen-bond acceptors (Lipinski definition) is 5. The number of nitrogens with zero attached hydrogens (tertiary/aromatic N) is 2. The highest BCUT2D eigenvalue weighted by Crippen LogP contribution is 2.38. The van der Waals surface area contributed by atoms with Gasteiger partial charge in [-0.1, -0.05) is 0 Å². The van der Waals surface area contributed by atoms with E-state index in [1.807, 2.05) is 13.8 Å². The van der Waals surface area contributed by atoms with Crippen molar-refractivity contribution in [3.05, 3.63) is 16.0 Å². The SMILES string of the molecule is Cc1sc(N2CC(CS(=O)(=O)Cl)CC2=O)c(C#N)c1C. The van der Waals surface area contributed by atoms with Gasteiger partial charge in [-0.25, -0.2) is 8.42 Å². The summed E-state index contributed by atoms with van der Waals surface area (Å²) in [5.41, 5.74) is 1.36. The van der Waals surface area contributed by atoms with Crippen molar-refractivity contribution in [1.29, 1.82) is 5.26 Å². The van der Waals surface area contributed by atoms with E-state index >= 15 is 0 Å². The van der Waals surface area contributed by atoms with E-state index in [1.165, 1.54) is 16.2 Å². The van der Waals surface area contributed by atoms with Gasteiger partial charge in [-0.05, 0) is 19.4 Å². The number of amides is 1. The quantitative estimate of drug-likeness (QED) is 0.794. The molecule has 108 valence electrons. The minimum Gasteiger partial charge on any atom is -0.302 e. The van der Waals surface area contributed by atoms with Gasteiger partial charge in [0.25, 0.3) is 0 Å². The molecule has 1 aromatic heterocycles. The standard InChI is InChI=1S/C12H13ClN2O3S2/c1-7-8(2)19-12(10(7)4-14)15-5-9(3-11(15)16)6-20(13,17)18/h9H,3,5-6H2,1-2H3. The van der Waals surface area contributed by atoms with Crippen LogP contribution in [0.3, 0.4) is 0 Å². The largest absolute Gasteiger partial charge is 0.302 e. The van der Waals surface area contributed by atoms with Crippen LogP contribution < -0.4 is 4.90 Å². The predicted molar refractivity (Wildman–Crippen MR) is 78.6 cm³/mol. The Labute approximate surface area is 126 Å². The summed E-state index contributed by atoms with van der Waals surface area (Å²) in [7, 11) is 1.61. The van der Waals surface area contributed by atoms with Crippen LogP contribution in [-0.2, 0) is 13.8 Å². The molecule has 1 atom stereocenters. The summed E-state index contributed by atoms with van der Waals surface area (Å²) in [6.45, 7) is 4.03. The molecule has 0 aliphatic carbocycles. The maximum atomic E-state index is 12.0. The van der Waals surface area contributed by atoms with Crippen molar-refractivity contribution < 1.29 is 13.2 Å². The highest BCUT2D eigenvalue weighted by molar-refractivity contribution is 8.13. The minimum atomic E-state index is -3.62. The number of aryl methyl sites for hydroxylation is 1. The first kappa shape index (κ1) is 15.3. The Bertz CT molecular complexity index is 703. The molecule has 5 nitrogen and oxygen atoms in total. The molecule has 2 heterocycles. The maximum absolute atomic E-state index is 12.0. The Morgan fingerprint density at radius 3 is 2.70 bits per heavy atom. The summed E-state index contributed by atoms with van der Waals surface area (Å²) in [6, 6.07) is 2.12. The van der Waals surface area contributed by atoms with Crippen molar-refractivity contribution in [1.82, 2.24) is 0 Å². The molecule has 0 aromatic carbocycles. The molecule has 0 N–H and O–H groups in total. The Balaban J connectivity index is 2.29. The zero-order chi connectivity index (χ0) is 15.1. The lowest BCUT2D eigenvalue weighted by atomic mass is 10.1. The summed E-state index contributed by atoms with van der Waals surface area (Å²) in [6.07, 6.45) is 0.146. The molecule has 1 saturated heterocycles. The van der Waals surface area contributed by atoms with E-state index in [1.54, 1.807) is 0 Å². The van der Waals surface area contributed by atoms with Crippen LogP contribution in [0, 0.1) is 31.1 Å². The number of hydrogen-bond donors (Lipinski definition) is 0. The van der Waals surface area contributed by atoms with E-state index in [0.717, 1.165) is 10.4 Å². The summed E-state index contributed by atoms with van der Waals surface area (Å²) >= 11 is 1.39. The van der Waals surface area contributed by atoms with Gasteiger partial charge < -0.3 is 4.90 Å². The van der Waals surface area contributed by atoms with Crippen LogP contribution in [0.2, 0.25) is 0 Å². The molecule has 1 amide bonds. The van der Waals surface area contributed by atoms with Crippen LogP contribution in [0.5, 0.6) is 0 Å². The molecule has 0 spiro atoms. The lowest BCUT2D eigenvalue weighted by Gasteiger charge is -2.14. The van der Waals surface area contributed by atoms with Gasteiger partial charge in [0, 0.05) is 34.4 Å². The van der Waals surface area contributed by atoms with E-state index in [4.69, 9.17) is 10.7 Å². The van der Waals surface area contributed by atoms with Crippen molar-refractivity contribution in [2.45, 2.75) is 20.3 Å². The average molecular weight is 333 g/mol. The molecule has 8 heteroatoms. The molecule has 2 rings (SSSR count). The van der Waals surface area contributed by atoms with Gasteiger partial charge in [0.15, 0.2) is 0 Å². The van der Waals surface area contributed by atoms with E-state index < -0.39 is 9.05 Å². The number of anilines is 1. The smallest absolute Gasteiger partial charge is 0.232 e. The number of nitriles is 1. The zero-order valence-corrected chi connectivity index (χ0v) is 13.4. The van der Waals surface area contributed by atoms with Crippen LogP contribution in [0.15, 0.2) is 0 Å². The third kappa shape index (κ3) is 2.97. The molecule has 0 saturated carbocycles. The van der Waals surface area contributed by atoms with Crippen molar-refractivity contribution in [2.24, 2.45) is 5.92 Å². The monoisotopic (exact) mass is 332 g/mol. The minimum absolute atomic E-state index is 0.146. The van der Waals surface area contributed by atoms with E-state index in [-0.39, 0.29) is 24.0 Å². The fraction of sp³-hybridized carbons (Fsp3) is 0.500. The maximum Gasteiger partial charge on any atom is 0.232 e. The molecule has 1 aromatic rings. The third-order valence-electron chi connectivity index (χ3n) is 3.36. The topological polar surface area (TPSA) is 78.2 Å². The fourth-order valence-corrected chi connectivity index (χ4v) is 4.76. The predicted octanol–water partition coefficient (Wildman–Crippen LogP) is 2.16.